The quantitative estimate of drug-likeness (QED) is 0.295. The number of hydrogen-bond donors (Lipinski definition) is 1. The Labute approximate surface area is 200 Å². The lowest BCUT2D eigenvalue weighted by Crippen LogP contribution is -2.17. The number of amides is 1. The second kappa shape index (κ2) is 12.9. The Balaban J connectivity index is 1.62. The molecule has 178 valence electrons. The fraction of sp³-hybridized carbons (Fsp3) is 0.259. The molecule has 0 aliphatic heterocycles. The fourth-order valence-electron chi connectivity index (χ4n) is 3.10. The third-order valence-electron chi connectivity index (χ3n) is 4.77. The number of hydrogen-bond acceptors (Lipinski definition) is 6. The minimum atomic E-state index is -0.353. The van der Waals surface area contributed by atoms with Gasteiger partial charge >= 0.3 is 0 Å². The van der Waals surface area contributed by atoms with Crippen molar-refractivity contribution in [3.63, 3.8) is 0 Å². The highest BCUT2D eigenvalue weighted by Gasteiger charge is 2.11. The summed E-state index contributed by atoms with van der Waals surface area (Å²) in [5.74, 6) is 2.00. The van der Waals surface area contributed by atoms with Crippen LogP contribution in [0.1, 0.15) is 41.8 Å². The summed E-state index contributed by atoms with van der Waals surface area (Å²) in [5.41, 5.74) is 4.78. The molecule has 3 rings (SSSR count). The van der Waals surface area contributed by atoms with Crippen molar-refractivity contribution in [1.29, 1.82) is 0 Å². The summed E-state index contributed by atoms with van der Waals surface area (Å²) in [5, 5.41) is 4.07. The van der Waals surface area contributed by atoms with Gasteiger partial charge in [0.25, 0.3) is 5.91 Å². The van der Waals surface area contributed by atoms with Crippen LogP contribution in [0, 0.1) is 0 Å². The van der Waals surface area contributed by atoms with E-state index < -0.39 is 0 Å². The van der Waals surface area contributed by atoms with E-state index in [0.717, 1.165) is 17.5 Å². The predicted molar refractivity (Wildman–Crippen MR) is 132 cm³/mol. The Bertz CT molecular complexity index is 1100. The van der Waals surface area contributed by atoms with Crippen molar-refractivity contribution in [3.05, 3.63) is 83.4 Å². The molecule has 7 nitrogen and oxygen atoms in total. The maximum Gasteiger partial charge on any atom is 0.271 e. The SMILES string of the molecule is CCCOc1ccc(C(=O)N/N=C/c2ccc(OCc3ccccc3)c(OC)c2)cc1OCC. The molecule has 0 aliphatic rings. The lowest BCUT2D eigenvalue weighted by Gasteiger charge is -2.12. The molecule has 0 atom stereocenters. The number of benzene rings is 3. The van der Waals surface area contributed by atoms with Gasteiger partial charge in [0.2, 0.25) is 0 Å². The molecule has 0 aromatic heterocycles. The number of carbonyl (C=O) groups is 1. The van der Waals surface area contributed by atoms with Gasteiger partial charge in [-0.1, -0.05) is 37.3 Å². The molecule has 0 saturated carbocycles. The summed E-state index contributed by atoms with van der Waals surface area (Å²) in [7, 11) is 1.58. The number of methoxy groups -OCH3 is 1. The van der Waals surface area contributed by atoms with E-state index in [4.69, 9.17) is 18.9 Å². The summed E-state index contributed by atoms with van der Waals surface area (Å²) in [4.78, 5) is 12.5. The van der Waals surface area contributed by atoms with Crippen LogP contribution >= 0.6 is 0 Å². The molecule has 3 aromatic rings. The Morgan fingerprint density at radius 1 is 0.882 bits per heavy atom. The average Bonchev–Trinajstić information content (AvgIpc) is 2.87. The van der Waals surface area contributed by atoms with Crippen LogP contribution in [0.5, 0.6) is 23.0 Å². The molecular formula is C27H30N2O5. The van der Waals surface area contributed by atoms with Crippen LogP contribution in [0.2, 0.25) is 0 Å². The van der Waals surface area contributed by atoms with Crippen LogP contribution in [-0.4, -0.2) is 32.4 Å². The van der Waals surface area contributed by atoms with Crippen molar-refractivity contribution in [1.82, 2.24) is 5.43 Å². The molecule has 34 heavy (non-hydrogen) atoms. The first-order chi connectivity index (χ1) is 16.6. The van der Waals surface area contributed by atoms with Gasteiger partial charge in [-0.25, -0.2) is 5.43 Å². The number of hydrazone groups is 1. The van der Waals surface area contributed by atoms with Crippen LogP contribution in [0.3, 0.4) is 0 Å². The maximum atomic E-state index is 12.5. The smallest absolute Gasteiger partial charge is 0.271 e. The van der Waals surface area contributed by atoms with Gasteiger partial charge in [-0.05, 0) is 60.9 Å². The topological polar surface area (TPSA) is 78.4 Å². The van der Waals surface area contributed by atoms with Gasteiger partial charge in [-0.2, -0.15) is 5.10 Å². The molecule has 3 aromatic carbocycles. The van der Waals surface area contributed by atoms with E-state index in [1.54, 1.807) is 37.6 Å². The van der Waals surface area contributed by atoms with Crippen LogP contribution in [0.15, 0.2) is 71.8 Å². The van der Waals surface area contributed by atoms with E-state index in [1.165, 1.54) is 0 Å². The highest BCUT2D eigenvalue weighted by molar-refractivity contribution is 5.95. The predicted octanol–water partition coefficient (Wildman–Crippen LogP) is 5.23. The van der Waals surface area contributed by atoms with Crippen molar-refractivity contribution in [2.24, 2.45) is 5.10 Å². The largest absolute Gasteiger partial charge is 0.493 e. The van der Waals surface area contributed by atoms with Crippen LogP contribution in [-0.2, 0) is 6.61 Å². The summed E-state index contributed by atoms with van der Waals surface area (Å²) in [6.45, 7) is 5.40. The highest BCUT2D eigenvalue weighted by atomic mass is 16.5. The first-order valence-electron chi connectivity index (χ1n) is 11.2. The van der Waals surface area contributed by atoms with E-state index >= 15 is 0 Å². The zero-order valence-corrected chi connectivity index (χ0v) is 19.7. The van der Waals surface area contributed by atoms with Gasteiger partial charge < -0.3 is 18.9 Å². The average molecular weight is 463 g/mol. The fourth-order valence-corrected chi connectivity index (χ4v) is 3.10. The molecule has 7 heteroatoms. The van der Waals surface area contributed by atoms with Crippen molar-refractivity contribution in [2.75, 3.05) is 20.3 Å². The summed E-state index contributed by atoms with van der Waals surface area (Å²) < 4.78 is 22.6. The van der Waals surface area contributed by atoms with Gasteiger partial charge in [0.05, 0.1) is 26.5 Å². The normalized spacial score (nSPS) is 10.7. The van der Waals surface area contributed by atoms with E-state index in [1.807, 2.05) is 56.3 Å². The van der Waals surface area contributed by atoms with Gasteiger partial charge in [0.1, 0.15) is 6.61 Å². The maximum absolute atomic E-state index is 12.5. The van der Waals surface area contributed by atoms with Gasteiger partial charge in [0, 0.05) is 5.56 Å². The minimum Gasteiger partial charge on any atom is -0.493 e. The Hall–Kier alpha value is -4.00. The number of nitrogens with one attached hydrogen (secondary N) is 1. The molecule has 0 saturated heterocycles. The number of rotatable bonds is 12. The van der Waals surface area contributed by atoms with Gasteiger partial charge in [0.15, 0.2) is 23.0 Å². The Morgan fingerprint density at radius 2 is 1.65 bits per heavy atom. The van der Waals surface area contributed by atoms with Crippen LogP contribution in [0.25, 0.3) is 0 Å². The standard InChI is InChI=1S/C27H30N2O5/c1-4-15-33-24-14-12-22(17-26(24)32-5-2)27(30)29-28-18-21-11-13-23(25(16-21)31-3)34-19-20-9-7-6-8-10-20/h6-14,16-18H,4-5,15,19H2,1-3H3,(H,29,30)/b28-18+. The van der Waals surface area contributed by atoms with E-state index in [2.05, 4.69) is 10.5 Å². The Morgan fingerprint density at radius 3 is 2.38 bits per heavy atom. The van der Waals surface area contributed by atoms with Gasteiger partial charge in [-0.15, -0.1) is 0 Å². The van der Waals surface area contributed by atoms with E-state index in [-0.39, 0.29) is 5.91 Å². The third kappa shape index (κ3) is 7.00. The zero-order chi connectivity index (χ0) is 24.2. The second-order valence-electron chi connectivity index (χ2n) is 7.33. The molecule has 1 amide bonds. The summed E-state index contributed by atoms with van der Waals surface area (Å²) in [6.07, 6.45) is 2.43. The van der Waals surface area contributed by atoms with Crippen LogP contribution in [0.4, 0.5) is 0 Å². The molecule has 0 fully saturated rings. The highest BCUT2D eigenvalue weighted by Crippen LogP contribution is 2.29. The molecular weight excluding hydrogens is 432 g/mol. The molecule has 1 N–H and O–H groups in total. The summed E-state index contributed by atoms with van der Waals surface area (Å²) in [6, 6.07) is 20.4. The van der Waals surface area contributed by atoms with Crippen LogP contribution < -0.4 is 24.4 Å². The van der Waals surface area contributed by atoms with Crippen molar-refractivity contribution < 1.29 is 23.7 Å². The lowest BCUT2D eigenvalue weighted by atomic mass is 10.2. The molecule has 0 spiro atoms. The van der Waals surface area contributed by atoms with Crippen molar-refractivity contribution >= 4 is 12.1 Å². The number of carbonyl (C=O) groups excluding carboxylic acids is 1. The summed E-state index contributed by atoms with van der Waals surface area (Å²) >= 11 is 0. The minimum absolute atomic E-state index is 0.353. The van der Waals surface area contributed by atoms with E-state index in [9.17, 15) is 4.79 Å². The Kier molecular flexibility index (Phi) is 9.34. The van der Waals surface area contributed by atoms with Crippen molar-refractivity contribution in [2.45, 2.75) is 26.9 Å². The van der Waals surface area contributed by atoms with E-state index in [0.29, 0.717) is 48.4 Å². The van der Waals surface area contributed by atoms with Gasteiger partial charge in [-0.3, -0.25) is 4.79 Å². The number of ether oxygens (including phenoxy) is 4. The number of nitrogens with zero attached hydrogens (tertiary/aromatic N) is 1. The molecule has 0 unspecified atom stereocenters. The molecule has 0 heterocycles. The molecule has 0 radical (unpaired) electrons. The lowest BCUT2D eigenvalue weighted by molar-refractivity contribution is 0.0954. The van der Waals surface area contributed by atoms with Crippen molar-refractivity contribution in [3.8, 4) is 23.0 Å². The molecule has 0 aliphatic carbocycles. The molecule has 0 bridgehead atoms. The first-order valence-corrected chi connectivity index (χ1v) is 11.2. The monoisotopic (exact) mass is 462 g/mol. The third-order valence-corrected chi connectivity index (χ3v) is 4.77. The second-order valence-corrected chi connectivity index (χ2v) is 7.33. The zero-order valence-electron chi connectivity index (χ0n) is 19.7. The first kappa shape index (κ1) is 24.6.